The van der Waals surface area contributed by atoms with Crippen molar-refractivity contribution in [3.63, 3.8) is 0 Å². The zero-order valence-corrected chi connectivity index (χ0v) is 16.5. The van der Waals surface area contributed by atoms with E-state index in [9.17, 15) is 13.2 Å². The second kappa shape index (κ2) is 6.91. The molecule has 1 aliphatic heterocycles. The molecule has 2 aliphatic rings. The van der Waals surface area contributed by atoms with Gasteiger partial charge in [0.05, 0.1) is 15.6 Å². The van der Waals surface area contributed by atoms with Crippen LogP contribution in [0.5, 0.6) is 0 Å². The van der Waals surface area contributed by atoms with E-state index in [4.69, 9.17) is 16.1 Å². The van der Waals surface area contributed by atoms with Crippen LogP contribution < -0.4 is 0 Å². The second-order valence-corrected chi connectivity index (χ2v) is 9.68. The molecule has 1 amide bonds. The standard InChI is InChI=1S/C18H20ClN3O4S/c1-27(24,25)16-8-13(19)10-20-17(16)12-4-6-22(7-5-12)18(23)14-9-15(26-21-14)11-2-3-11/h8-12H,2-7H2,1H3. The van der Waals surface area contributed by atoms with Crippen LogP contribution in [0.2, 0.25) is 5.02 Å². The Morgan fingerprint density at radius 1 is 1.19 bits per heavy atom. The van der Waals surface area contributed by atoms with Crippen LogP contribution in [-0.2, 0) is 9.84 Å². The predicted octanol–water partition coefficient (Wildman–Crippen LogP) is 3.02. The van der Waals surface area contributed by atoms with Crippen molar-refractivity contribution in [3.05, 3.63) is 40.5 Å². The molecule has 27 heavy (non-hydrogen) atoms. The van der Waals surface area contributed by atoms with Crippen LogP contribution in [-0.4, -0.2) is 48.7 Å². The highest BCUT2D eigenvalue weighted by atomic mass is 35.5. The first kappa shape index (κ1) is 18.4. The van der Waals surface area contributed by atoms with Gasteiger partial charge in [-0.15, -0.1) is 0 Å². The van der Waals surface area contributed by atoms with E-state index < -0.39 is 9.84 Å². The molecule has 144 valence electrons. The Bertz CT molecular complexity index is 976. The molecule has 9 heteroatoms. The zero-order valence-electron chi connectivity index (χ0n) is 14.9. The van der Waals surface area contributed by atoms with Gasteiger partial charge in [-0.1, -0.05) is 16.8 Å². The summed E-state index contributed by atoms with van der Waals surface area (Å²) in [4.78, 5) is 18.8. The number of aromatic nitrogens is 2. The summed E-state index contributed by atoms with van der Waals surface area (Å²) in [5.74, 6) is 1.03. The average Bonchev–Trinajstić information content (AvgIpc) is 3.37. The van der Waals surface area contributed by atoms with E-state index in [1.54, 1.807) is 11.0 Å². The van der Waals surface area contributed by atoms with Crippen LogP contribution in [0.3, 0.4) is 0 Å². The van der Waals surface area contributed by atoms with Crippen molar-refractivity contribution in [2.75, 3.05) is 19.3 Å². The average molecular weight is 410 g/mol. The van der Waals surface area contributed by atoms with Crippen molar-refractivity contribution in [2.45, 2.75) is 42.4 Å². The van der Waals surface area contributed by atoms with Crippen molar-refractivity contribution < 1.29 is 17.7 Å². The van der Waals surface area contributed by atoms with Gasteiger partial charge in [0.1, 0.15) is 5.76 Å². The molecule has 2 aromatic rings. The fourth-order valence-corrected chi connectivity index (χ4v) is 4.67. The Morgan fingerprint density at radius 3 is 2.52 bits per heavy atom. The maximum Gasteiger partial charge on any atom is 0.276 e. The Labute approximate surface area is 162 Å². The smallest absolute Gasteiger partial charge is 0.276 e. The maximum atomic E-state index is 12.6. The number of rotatable bonds is 4. The molecule has 0 radical (unpaired) electrons. The summed E-state index contributed by atoms with van der Waals surface area (Å²) in [5.41, 5.74) is 0.878. The first-order valence-corrected chi connectivity index (χ1v) is 11.2. The third kappa shape index (κ3) is 3.87. The van der Waals surface area contributed by atoms with Gasteiger partial charge in [-0.3, -0.25) is 9.78 Å². The van der Waals surface area contributed by atoms with Gasteiger partial charge in [0.15, 0.2) is 15.5 Å². The van der Waals surface area contributed by atoms with Crippen LogP contribution in [0.15, 0.2) is 27.7 Å². The molecule has 0 bridgehead atoms. The molecule has 0 spiro atoms. The predicted molar refractivity (Wildman–Crippen MR) is 98.7 cm³/mol. The van der Waals surface area contributed by atoms with E-state index in [0.717, 1.165) is 24.9 Å². The van der Waals surface area contributed by atoms with Gasteiger partial charge in [-0.05, 0) is 31.7 Å². The molecule has 1 aliphatic carbocycles. The lowest BCUT2D eigenvalue weighted by Crippen LogP contribution is -2.38. The third-order valence-corrected chi connectivity index (χ3v) is 6.48. The number of amides is 1. The summed E-state index contributed by atoms with van der Waals surface area (Å²) >= 11 is 5.93. The molecule has 1 saturated heterocycles. The van der Waals surface area contributed by atoms with Gasteiger partial charge in [0, 0.05) is 43.4 Å². The Kier molecular flexibility index (Phi) is 4.71. The molecule has 7 nitrogen and oxygen atoms in total. The van der Waals surface area contributed by atoms with Crippen LogP contribution in [0, 0.1) is 0 Å². The van der Waals surface area contributed by atoms with Gasteiger partial charge in [0.25, 0.3) is 5.91 Å². The van der Waals surface area contributed by atoms with Crippen molar-refractivity contribution in [3.8, 4) is 0 Å². The first-order valence-electron chi connectivity index (χ1n) is 8.94. The van der Waals surface area contributed by atoms with E-state index in [1.165, 1.54) is 12.3 Å². The summed E-state index contributed by atoms with van der Waals surface area (Å²) in [6, 6.07) is 3.19. The number of piperidine rings is 1. The van der Waals surface area contributed by atoms with Gasteiger partial charge >= 0.3 is 0 Å². The monoisotopic (exact) mass is 409 g/mol. The largest absolute Gasteiger partial charge is 0.360 e. The van der Waals surface area contributed by atoms with Crippen molar-refractivity contribution in [2.24, 2.45) is 0 Å². The molecule has 2 aromatic heterocycles. The number of nitrogens with zero attached hydrogens (tertiary/aromatic N) is 3. The first-order chi connectivity index (χ1) is 12.8. The minimum Gasteiger partial charge on any atom is -0.360 e. The molecular weight excluding hydrogens is 390 g/mol. The highest BCUT2D eigenvalue weighted by Crippen LogP contribution is 2.40. The number of halogens is 1. The highest BCUT2D eigenvalue weighted by Gasteiger charge is 2.32. The second-order valence-electron chi connectivity index (χ2n) is 7.26. The van der Waals surface area contributed by atoms with Crippen molar-refractivity contribution in [1.29, 1.82) is 0 Å². The topological polar surface area (TPSA) is 93.4 Å². The molecular formula is C18H20ClN3O4S. The Morgan fingerprint density at radius 2 is 1.89 bits per heavy atom. The lowest BCUT2D eigenvalue weighted by molar-refractivity contribution is 0.0701. The molecule has 4 rings (SSSR count). The molecule has 1 saturated carbocycles. The fourth-order valence-electron chi connectivity index (χ4n) is 3.50. The van der Waals surface area contributed by atoms with Crippen molar-refractivity contribution >= 4 is 27.3 Å². The summed E-state index contributed by atoms with van der Waals surface area (Å²) < 4.78 is 29.4. The summed E-state index contributed by atoms with van der Waals surface area (Å²) in [6.07, 6.45) is 6.07. The number of carbonyl (C=O) groups is 1. The molecule has 0 unspecified atom stereocenters. The van der Waals surface area contributed by atoms with E-state index >= 15 is 0 Å². The van der Waals surface area contributed by atoms with Crippen LogP contribution in [0.1, 0.15) is 59.5 Å². The number of hydrogen-bond acceptors (Lipinski definition) is 6. The van der Waals surface area contributed by atoms with E-state index in [2.05, 4.69) is 10.1 Å². The molecule has 0 atom stereocenters. The Hall–Kier alpha value is -1.93. The van der Waals surface area contributed by atoms with Crippen molar-refractivity contribution in [1.82, 2.24) is 15.0 Å². The summed E-state index contributed by atoms with van der Waals surface area (Å²) in [6.45, 7) is 1.03. The molecule has 2 fully saturated rings. The molecule has 0 aromatic carbocycles. The third-order valence-electron chi connectivity index (χ3n) is 5.14. The van der Waals surface area contributed by atoms with Gasteiger partial charge < -0.3 is 9.42 Å². The minimum absolute atomic E-state index is 0.0321. The van der Waals surface area contributed by atoms with Crippen LogP contribution >= 0.6 is 11.6 Å². The minimum atomic E-state index is -3.43. The lowest BCUT2D eigenvalue weighted by atomic mass is 9.93. The number of likely N-dealkylation sites (tertiary alicyclic amines) is 1. The van der Waals surface area contributed by atoms with E-state index in [0.29, 0.717) is 48.3 Å². The fraction of sp³-hybridized carbons (Fsp3) is 0.500. The van der Waals surface area contributed by atoms with Crippen LogP contribution in [0.25, 0.3) is 0 Å². The molecule has 0 N–H and O–H groups in total. The number of sulfone groups is 1. The SMILES string of the molecule is CS(=O)(=O)c1cc(Cl)cnc1C1CCN(C(=O)c2cc(C3CC3)on2)CC1. The maximum absolute atomic E-state index is 12.6. The quantitative estimate of drug-likeness (QED) is 0.770. The van der Waals surface area contributed by atoms with Gasteiger partial charge in [-0.25, -0.2) is 8.42 Å². The summed E-state index contributed by atoms with van der Waals surface area (Å²) in [5, 5.41) is 4.21. The number of carbonyl (C=O) groups excluding carboxylic acids is 1. The summed E-state index contributed by atoms with van der Waals surface area (Å²) in [7, 11) is -3.43. The normalized spacial score (nSPS) is 18.7. The number of hydrogen-bond donors (Lipinski definition) is 0. The Balaban J connectivity index is 1.46. The highest BCUT2D eigenvalue weighted by molar-refractivity contribution is 7.90. The van der Waals surface area contributed by atoms with E-state index in [1.807, 2.05) is 0 Å². The zero-order chi connectivity index (χ0) is 19.2. The number of pyridine rings is 1. The lowest BCUT2D eigenvalue weighted by Gasteiger charge is -2.31. The van der Waals surface area contributed by atoms with Gasteiger partial charge in [-0.2, -0.15) is 0 Å². The van der Waals surface area contributed by atoms with Gasteiger partial charge in [0.2, 0.25) is 0 Å². The van der Waals surface area contributed by atoms with E-state index in [-0.39, 0.29) is 16.7 Å². The molecule has 3 heterocycles. The van der Waals surface area contributed by atoms with Crippen LogP contribution in [0.4, 0.5) is 0 Å².